The number of hydrogen-bond acceptors (Lipinski definition) is 2. The third kappa shape index (κ3) is 1.81. The van der Waals surface area contributed by atoms with E-state index in [1.165, 1.54) is 17.5 Å². The number of likely N-dealkylation sites (N-methyl/N-ethyl adjacent to an activating group) is 1. The number of imidazole rings is 1. The van der Waals surface area contributed by atoms with E-state index >= 15 is 0 Å². The van der Waals surface area contributed by atoms with Crippen LogP contribution in [0.25, 0.3) is 11.0 Å². The Morgan fingerprint density at radius 1 is 1.41 bits per heavy atom. The second kappa shape index (κ2) is 3.96. The van der Waals surface area contributed by atoms with Gasteiger partial charge in [-0.05, 0) is 56.9 Å². The van der Waals surface area contributed by atoms with Gasteiger partial charge < -0.3 is 14.5 Å². The molecule has 1 unspecified atom stereocenters. The number of H-pyrrole nitrogens is 1. The van der Waals surface area contributed by atoms with Gasteiger partial charge in [-0.3, -0.25) is 0 Å². The van der Waals surface area contributed by atoms with E-state index in [1.807, 2.05) is 0 Å². The highest BCUT2D eigenvalue weighted by atomic mass is 32.1. The lowest BCUT2D eigenvalue weighted by molar-refractivity contribution is 0.394. The van der Waals surface area contributed by atoms with Crippen LogP contribution in [-0.2, 0) is 0 Å². The van der Waals surface area contributed by atoms with Crippen molar-refractivity contribution in [3.63, 3.8) is 0 Å². The molecule has 3 rings (SSSR count). The molecule has 1 N–H and O–H groups in total. The smallest absolute Gasteiger partial charge is 0.178 e. The average Bonchev–Trinajstić information content (AvgIpc) is 2.81. The van der Waals surface area contributed by atoms with Crippen LogP contribution in [0.1, 0.15) is 18.0 Å². The first kappa shape index (κ1) is 11.0. The van der Waals surface area contributed by atoms with Crippen molar-refractivity contribution in [1.29, 1.82) is 0 Å². The van der Waals surface area contributed by atoms with E-state index in [9.17, 15) is 0 Å². The van der Waals surface area contributed by atoms with Gasteiger partial charge in [0.15, 0.2) is 4.77 Å². The summed E-state index contributed by atoms with van der Waals surface area (Å²) in [5.41, 5.74) is 3.68. The summed E-state index contributed by atoms with van der Waals surface area (Å²) in [6.07, 6.45) is 1.19. The maximum atomic E-state index is 5.46. The van der Waals surface area contributed by atoms with E-state index in [4.69, 9.17) is 12.2 Å². The van der Waals surface area contributed by atoms with Gasteiger partial charge in [-0.15, -0.1) is 0 Å². The average molecular weight is 247 g/mol. The fourth-order valence-electron chi connectivity index (χ4n) is 2.72. The SMILES string of the molecule is Cc1ccc2[nH]c(=S)n(C3CCN(C)C3)c2c1. The van der Waals surface area contributed by atoms with Crippen molar-refractivity contribution in [2.45, 2.75) is 19.4 Å². The van der Waals surface area contributed by atoms with Crippen LogP contribution in [-0.4, -0.2) is 34.6 Å². The summed E-state index contributed by atoms with van der Waals surface area (Å²) in [5, 5.41) is 0. The number of rotatable bonds is 1. The molecule has 1 aromatic carbocycles. The van der Waals surface area contributed by atoms with Crippen molar-refractivity contribution in [3.8, 4) is 0 Å². The monoisotopic (exact) mass is 247 g/mol. The summed E-state index contributed by atoms with van der Waals surface area (Å²) in [5.74, 6) is 0. The Labute approximate surface area is 106 Å². The Hall–Kier alpha value is -1.13. The minimum Gasteiger partial charge on any atom is -0.331 e. The third-order valence-electron chi connectivity index (χ3n) is 3.60. The molecule has 17 heavy (non-hydrogen) atoms. The van der Waals surface area contributed by atoms with Crippen LogP contribution in [0.15, 0.2) is 18.2 Å². The molecular weight excluding hydrogens is 230 g/mol. The van der Waals surface area contributed by atoms with E-state index in [1.54, 1.807) is 0 Å². The van der Waals surface area contributed by atoms with Crippen molar-refractivity contribution in [3.05, 3.63) is 28.5 Å². The van der Waals surface area contributed by atoms with Crippen LogP contribution in [0, 0.1) is 11.7 Å². The number of aromatic nitrogens is 2. The third-order valence-corrected chi connectivity index (χ3v) is 3.90. The van der Waals surface area contributed by atoms with Gasteiger partial charge in [0, 0.05) is 6.54 Å². The summed E-state index contributed by atoms with van der Waals surface area (Å²) >= 11 is 5.46. The van der Waals surface area contributed by atoms with Crippen molar-refractivity contribution in [1.82, 2.24) is 14.5 Å². The first-order valence-electron chi connectivity index (χ1n) is 6.04. The normalized spacial score (nSPS) is 21.4. The fraction of sp³-hybridized carbons (Fsp3) is 0.462. The molecule has 3 nitrogen and oxygen atoms in total. The molecule has 2 aromatic rings. The molecule has 1 saturated heterocycles. The van der Waals surface area contributed by atoms with E-state index in [0.29, 0.717) is 6.04 Å². The summed E-state index contributed by atoms with van der Waals surface area (Å²) < 4.78 is 3.15. The molecule has 1 fully saturated rings. The zero-order chi connectivity index (χ0) is 12.0. The molecule has 1 aliphatic rings. The number of aromatic amines is 1. The molecule has 0 saturated carbocycles. The van der Waals surface area contributed by atoms with Crippen LogP contribution in [0.4, 0.5) is 0 Å². The Morgan fingerprint density at radius 3 is 2.94 bits per heavy atom. The fourth-order valence-corrected chi connectivity index (χ4v) is 3.07. The quantitative estimate of drug-likeness (QED) is 0.783. The highest BCUT2D eigenvalue weighted by molar-refractivity contribution is 7.71. The van der Waals surface area contributed by atoms with Gasteiger partial charge >= 0.3 is 0 Å². The topological polar surface area (TPSA) is 24.0 Å². The molecule has 90 valence electrons. The maximum absolute atomic E-state index is 5.46. The highest BCUT2D eigenvalue weighted by Gasteiger charge is 2.23. The van der Waals surface area contributed by atoms with Gasteiger partial charge in [-0.1, -0.05) is 6.07 Å². The van der Waals surface area contributed by atoms with Crippen LogP contribution in [0.5, 0.6) is 0 Å². The lowest BCUT2D eigenvalue weighted by atomic mass is 10.2. The number of nitrogens with zero attached hydrogens (tertiary/aromatic N) is 2. The molecule has 4 heteroatoms. The standard InChI is InChI=1S/C13H17N3S/c1-9-3-4-11-12(7-9)16(13(17)14-11)10-5-6-15(2)8-10/h3-4,7,10H,5-6,8H2,1-2H3,(H,14,17). The Balaban J connectivity index is 2.17. The minimum atomic E-state index is 0.517. The van der Waals surface area contributed by atoms with Gasteiger partial charge in [0.1, 0.15) is 0 Å². The first-order chi connectivity index (χ1) is 8.15. The van der Waals surface area contributed by atoms with E-state index in [-0.39, 0.29) is 0 Å². The van der Waals surface area contributed by atoms with E-state index in [2.05, 4.69) is 46.6 Å². The summed E-state index contributed by atoms with van der Waals surface area (Å²) in [6, 6.07) is 6.98. The van der Waals surface area contributed by atoms with Crippen LogP contribution >= 0.6 is 12.2 Å². The lowest BCUT2D eigenvalue weighted by Crippen LogP contribution is -2.16. The van der Waals surface area contributed by atoms with Crippen molar-refractivity contribution in [2.24, 2.45) is 0 Å². The summed E-state index contributed by atoms with van der Waals surface area (Å²) in [7, 11) is 2.17. The Bertz CT molecular complexity index is 611. The Kier molecular flexibility index (Phi) is 2.56. The van der Waals surface area contributed by atoms with Gasteiger partial charge in [0.25, 0.3) is 0 Å². The predicted molar refractivity (Wildman–Crippen MR) is 73.0 cm³/mol. The highest BCUT2D eigenvalue weighted by Crippen LogP contribution is 2.26. The summed E-state index contributed by atoms with van der Waals surface area (Å²) in [6.45, 7) is 4.38. The number of hydrogen-bond donors (Lipinski definition) is 1. The van der Waals surface area contributed by atoms with Crippen molar-refractivity contribution < 1.29 is 0 Å². The Morgan fingerprint density at radius 2 is 2.24 bits per heavy atom. The number of nitrogens with one attached hydrogen (secondary N) is 1. The zero-order valence-corrected chi connectivity index (χ0v) is 11.0. The van der Waals surface area contributed by atoms with Gasteiger partial charge in [0.05, 0.1) is 17.1 Å². The zero-order valence-electron chi connectivity index (χ0n) is 10.2. The lowest BCUT2D eigenvalue weighted by Gasteiger charge is -2.13. The van der Waals surface area contributed by atoms with Crippen molar-refractivity contribution in [2.75, 3.05) is 20.1 Å². The second-order valence-electron chi connectivity index (χ2n) is 5.03. The van der Waals surface area contributed by atoms with Crippen LogP contribution in [0.2, 0.25) is 0 Å². The predicted octanol–water partition coefficient (Wildman–Crippen LogP) is 2.88. The van der Waals surface area contributed by atoms with E-state index < -0.39 is 0 Å². The minimum absolute atomic E-state index is 0.517. The largest absolute Gasteiger partial charge is 0.331 e. The molecule has 0 amide bonds. The summed E-state index contributed by atoms with van der Waals surface area (Å²) in [4.78, 5) is 5.67. The number of likely N-dealkylation sites (tertiary alicyclic amines) is 1. The van der Waals surface area contributed by atoms with E-state index in [0.717, 1.165) is 23.4 Å². The van der Waals surface area contributed by atoms with Gasteiger partial charge in [-0.2, -0.15) is 0 Å². The van der Waals surface area contributed by atoms with Crippen LogP contribution in [0.3, 0.4) is 0 Å². The molecule has 0 bridgehead atoms. The number of aryl methyl sites for hydroxylation is 1. The molecular formula is C13H17N3S. The maximum Gasteiger partial charge on any atom is 0.178 e. The molecule has 0 aliphatic carbocycles. The van der Waals surface area contributed by atoms with Crippen molar-refractivity contribution >= 4 is 23.3 Å². The van der Waals surface area contributed by atoms with Crippen LogP contribution < -0.4 is 0 Å². The molecule has 0 spiro atoms. The molecule has 1 aliphatic heterocycles. The van der Waals surface area contributed by atoms with Gasteiger partial charge in [0.2, 0.25) is 0 Å². The second-order valence-corrected chi connectivity index (χ2v) is 5.41. The molecule has 1 atom stereocenters. The number of fused-ring (bicyclic) bond motifs is 1. The van der Waals surface area contributed by atoms with Gasteiger partial charge in [-0.25, -0.2) is 0 Å². The first-order valence-corrected chi connectivity index (χ1v) is 6.45. The molecule has 2 heterocycles. The molecule has 1 aromatic heterocycles. The number of benzene rings is 1. The molecule has 0 radical (unpaired) electrons.